The van der Waals surface area contributed by atoms with Crippen molar-refractivity contribution in [3.05, 3.63) is 34.9 Å². The standard InChI is InChI=1S/C11H12O2/c1-7-3-2-4-9-8(7)5-6-10(9)11(12)13/h2-4,10H,5-6H2,1H3,(H,12,13). The minimum atomic E-state index is -0.690. The molecule has 1 aromatic rings. The topological polar surface area (TPSA) is 37.3 Å². The van der Waals surface area contributed by atoms with Crippen LogP contribution in [0.4, 0.5) is 0 Å². The first kappa shape index (κ1) is 8.30. The van der Waals surface area contributed by atoms with Gasteiger partial charge < -0.3 is 5.11 Å². The highest BCUT2D eigenvalue weighted by Crippen LogP contribution is 2.34. The van der Waals surface area contributed by atoms with Crippen LogP contribution in [0.5, 0.6) is 0 Å². The summed E-state index contributed by atoms with van der Waals surface area (Å²) in [6.45, 7) is 2.04. The van der Waals surface area contributed by atoms with E-state index in [9.17, 15) is 4.79 Å². The molecule has 0 heterocycles. The van der Waals surface area contributed by atoms with Crippen molar-refractivity contribution in [2.75, 3.05) is 0 Å². The first-order valence-electron chi connectivity index (χ1n) is 4.51. The Hall–Kier alpha value is -1.31. The lowest BCUT2D eigenvalue weighted by Gasteiger charge is -2.06. The van der Waals surface area contributed by atoms with E-state index >= 15 is 0 Å². The number of fused-ring (bicyclic) bond motifs is 1. The summed E-state index contributed by atoms with van der Waals surface area (Å²) in [4.78, 5) is 10.9. The molecule has 2 nitrogen and oxygen atoms in total. The van der Waals surface area contributed by atoms with E-state index in [1.807, 2.05) is 25.1 Å². The zero-order chi connectivity index (χ0) is 9.42. The monoisotopic (exact) mass is 176 g/mol. The normalized spacial score (nSPS) is 19.9. The number of hydrogen-bond acceptors (Lipinski definition) is 1. The van der Waals surface area contributed by atoms with Gasteiger partial charge in [0.15, 0.2) is 0 Å². The molecule has 1 aromatic carbocycles. The summed E-state index contributed by atoms with van der Waals surface area (Å²) in [5.74, 6) is -0.959. The minimum absolute atomic E-state index is 0.269. The van der Waals surface area contributed by atoms with Crippen LogP contribution in [0, 0.1) is 6.92 Å². The molecule has 1 aliphatic rings. The smallest absolute Gasteiger partial charge is 0.310 e. The van der Waals surface area contributed by atoms with E-state index in [2.05, 4.69) is 0 Å². The summed E-state index contributed by atoms with van der Waals surface area (Å²) in [6.07, 6.45) is 1.68. The zero-order valence-corrected chi connectivity index (χ0v) is 7.58. The molecular formula is C11H12O2. The third kappa shape index (κ3) is 1.22. The Morgan fingerprint density at radius 3 is 3.00 bits per heavy atom. The Bertz CT molecular complexity index is 355. The Morgan fingerprint density at radius 2 is 2.31 bits per heavy atom. The second kappa shape index (κ2) is 2.87. The number of aryl methyl sites for hydroxylation is 1. The van der Waals surface area contributed by atoms with Crippen LogP contribution in [0.2, 0.25) is 0 Å². The Balaban J connectivity index is 2.49. The van der Waals surface area contributed by atoms with Gasteiger partial charge in [0, 0.05) is 0 Å². The van der Waals surface area contributed by atoms with Gasteiger partial charge in [0.05, 0.1) is 5.92 Å². The predicted molar refractivity (Wildman–Crippen MR) is 49.9 cm³/mol. The van der Waals surface area contributed by atoms with Gasteiger partial charge in [0.1, 0.15) is 0 Å². The second-order valence-electron chi connectivity index (χ2n) is 3.57. The van der Waals surface area contributed by atoms with E-state index in [0.29, 0.717) is 0 Å². The van der Waals surface area contributed by atoms with Gasteiger partial charge in [-0.05, 0) is 36.5 Å². The summed E-state index contributed by atoms with van der Waals surface area (Å²) < 4.78 is 0. The van der Waals surface area contributed by atoms with Gasteiger partial charge in [-0.15, -0.1) is 0 Å². The summed E-state index contributed by atoms with van der Waals surface area (Å²) in [5.41, 5.74) is 3.49. The van der Waals surface area contributed by atoms with E-state index in [1.54, 1.807) is 0 Å². The minimum Gasteiger partial charge on any atom is -0.481 e. The maximum absolute atomic E-state index is 10.9. The molecule has 68 valence electrons. The van der Waals surface area contributed by atoms with Gasteiger partial charge in [-0.3, -0.25) is 4.79 Å². The average molecular weight is 176 g/mol. The van der Waals surface area contributed by atoms with Crippen LogP contribution in [-0.4, -0.2) is 11.1 Å². The highest BCUT2D eigenvalue weighted by atomic mass is 16.4. The lowest BCUT2D eigenvalue weighted by molar-refractivity contribution is -0.138. The van der Waals surface area contributed by atoms with Crippen molar-refractivity contribution in [2.45, 2.75) is 25.7 Å². The van der Waals surface area contributed by atoms with Crippen LogP contribution in [0.1, 0.15) is 29.0 Å². The summed E-state index contributed by atoms with van der Waals surface area (Å²) in [7, 11) is 0. The van der Waals surface area contributed by atoms with E-state index in [0.717, 1.165) is 18.4 Å². The number of rotatable bonds is 1. The molecule has 0 aliphatic heterocycles. The molecule has 0 aromatic heterocycles. The van der Waals surface area contributed by atoms with Crippen molar-refractivity contribution in [3.63, 3.8) is 0 Å². The maximum atomic E-state index is 10.9. The van der Waals surface area contributed by atoms with Gasteiger partial charge >= 0.3 is 5.97 Å². The van der Waals surface area contributed by atoms with E-state index in [-0.39, 0.29) is 5.92 Å². The lowest BCUT2D eigenvalue weighted by Crippen LogP contribution is -2.07. The molecule has 2 rings (SSSR count). The Kier molecular flexibility index (Phi) is 1.83. The average Bonchev–Trinajstić information content (AvgIpc) is 2.48. The van der Waals surface area contributed by atoms with Crippen molar-refractivity contribution < 1.29 is 9.90 Å². The molecule has 0 radical (unpaired) electrons. The van der Waals surface area contributed by atoms with Crippen LogP contribution < -0.4 is 0 Å². The molecule has 0 amide bonds. The Labute approximate surface area is 77.2 Å². The number of carbonyl (C=O) groups is 1. The van der Waals surface area contributed by atoms with Crippen LogP contribution >= 0.6 is 0 Å². The van der Waals surface area contributed by atoms with Crippen molar-refractivity contribution in [1.29, 1.82) is 0 Å². The van der Waals surface area contributed by atoms with Crippen LogP contribution in [-0.2, 0) is 11.2 Å². The molecular weight excluding hydrogens is 164 g/mol. The van der Waals surface area contributed by atoms with Crippen molar-refractivity contribution in [2.24, 2.45) is 0 Å². The fourth-order valence-electron chi connectivity index (χ4n) is 2.09. The summed E-state index contributed by atoms with van der Waals surface area (Å²) in [5, 5.41) is 8.95. The first-order chi connectivity index (χ1) is 6.20. The summed E-state index contributed by atoms with van der Waals surface area (Å²) >= 11 is 0. The van der Waals surface area contributed by atoms with Crippen LogP contribution in [0.25, 0.3) is 0 Å². The highest BCUT2D eigenvalue weighted by molar-refractivity contribution is 5.78. The molecule has 0 bridgehead atoms. The quantitative estimate of drug-likeness (QED) is 0.711. The van der Waals surface area contributed by atoms with E-state index < -0.39 is 5.97 Å². The van der Waals surface area contributed by atoms with Gasteiger partial charge in [0.2, 0.25) is 0 Å². The second-order valence-corrected chi connectivity index (χ2v) is 3.57. The SMILES string of the molecule is Cc1cccc2c1CCC2C(=O)O. The Morgan fingerprint density at radius 1 is 1.54 bits per heavy atom. The van der Waals surface area contributed by atoms with Crippen molar-refractivity contribution >= 4 is 5.97 Å². The molecule has 0 fully saturated rings. The molecule has 0 saturated carbocycles. The van der Waals surface area contributed by atoms with Crippen LogP contribution in [0.3, 0.4) is 0 Å². The zero-order valence-electron chi connectivity index (χ0n) is 7.58. The fourth-order valence-corrected chi connectivity index (χ4v) is 2.09. The molecule has 1 atom stereocenters. The predicted octanol–water partition coefficient (Wildman–Crippen LogP) is 2.11. The molecule has 0 spiro atoms. The fraction of sp³-hybridized carbons (Fsp3) is 0.364. The largest absolute Gasteiger partial charge is 0.481 e. The number of carboxylic acid groups (broad SMARTS) is 1. The molecule has 1 aliphatic carbocycles. The van der Waals surface area contributed by atoms with Gasteiger partial charge in [0.25, 0.3) is 0 Å². The number of hydrogen-bond donors (Lipinski definition) is 1. The van der Waals surface area contributed by atoms with E-state index in [4.69, 9.17) is 5.11 Å². The van der Waals surface area contributed by atoms with E-state index in [1.165, 1.54) is 11.1 Å². The lowest BCUT2D eigenvalue weighted by atomic mass is 9.99. The molecule has 1 unspecified atom stereocenters. The summed E-state index contributed by atoms with van der Waals surface area (Å²) in [6, 6.07) is 5.92. The van der Waals surface area contributed by atoms with Gasteiger partial charge in [-0.25, -0.2) is 0 Å². The molecule has 1 N–H and O–H groups in total. The van der Waals surface area contributed by atoms with Crippen molar-refractivity contribution in [3.8, 4) is 0 Å². The number of benzene rings is 1. The van der Waals surface area contributed by atoms with Gasteiger partial charge in [-0.1, -0.05) is 18.2 Å². The molecule has 2 heteroatoms. The third-order valence-electron chi connectivity index (χ3n) is 2.80. The molecule has 0 saturated heterocycles. The number of carboxylic acids is 1. The third-order valence-corrected chi connectivity index (χ3v) is 2.80. The highest BCUT2D eigenvalue weighted by Gasteiger charge is 2.28. The molecule has 13 heavy (non-hydrogen) atoms. The number of aliphatic carboxylic acids is 1. The van der Waals surface area contributed by atoms with Crippen molar-refractivity contribution in [1.82, 2.24) is 0 Å². The van der Waals surface area contributed by atoms with Crippen LogP contribution in [0.15, 0.2) is 18.2 Å². The first-order valence-corrected chi connectivity index (χ1v) is 4.51. The van der Waals surface area contributed by atoms with Gasteiger partial charge in [-0.2, -0.15) is 0 Å². The maximum Gasteiger partial charge on any atom is 0.310 e.